The number of ether oxygens (including phenoxy) is 3. The molecule has 11 heteroatoms. The molecule has 4 aliphatic rings. The third-order valence-electron chi connectivity index (χ3n) is 7.67. The summed E-state index contributed by atoms with van der Waals surface area (Å²) >= 11 is 0. The molecular weight excluding hydrogens is 428 g/mol. The van der Waals surface area contributed by atoms with Crippen LogP contribution in [0.3, 0.4) is 0 Å². The van der Waals surface area contributed by atoms with E-state index in [9.17, 15) is 40.9 Å². The zero-order valence-corrected chi connectivity index (χ0v) is 17.8. The van der Waals surface area contributed by atoms with Gasteiger partial charge in [0, 0.05) is 5.92 Å². The Bertz CT molecular complexity index is 621. The van der Waals surface area contributed by atoms with Crippen molar-refractivity contribution in [3.63, 3.8) is 0 Å². The topological polar surface area (TPSA) is 190 Å². The molecule has 0 aromatic carbocycles. The molecule has 9 unspecified atom stereocenters. The molecule has 0 bridgehead atoms. The fourth-order valence-corrected chi connectivity index (χ4v) is 5.73. The van der Waals surface area contributed by atoms with Crippen LogP contribution in [0.2, 0.25) is 0 Å². The quantitative estimate of drug-likeness (QED) is 0.211. The number of fused-ring (bicyclic) bond motifs is 1. The average molecular weight is 465 g/mol. The smallest absolute Gasteiger partial charge is 0.187 e. The molecule has 0 aromatic rings. The maximum Gasteiger partial charge on any atom is 0.187 e. The van der Waals surface area contributed by atoms with Crippen molar-refractivity contribution in [2.24, 2.45) is 11.8 Å². The van der Waals surface area contributed by atoms with Crippen LogP contribution in [0.4, 0.5) is 0 Å². The second-order valence-corrected chi connectivity index (χ2v) is 9.77. The lowest BCUT2D eigenvalue weighted by molar-refractivity contribution is -0.344. The molecule has 2 aliphatic carbocycles. The van der Waals surface area contributed by atoms with Crippen LogP contribution in [0.1, 0.15) is 38.5 Å². The van der Waals surface area contributed by atoms with E-state index < -0.39 is 80.0 Å². The van der Waals surface area contributed by atoms with Crippen LogP contribution >= 0.6 is 0 Å². The zero-order chi connectivity index (χ0) is 23.2. The summed E-state index contributed by atoms with van der Waals surface area (Å²) in [6, 6.07) is 0. The monoisotopic (exact) mass is 464 g/mol. The summed E-state index contributed by atoms with van der Waals surface area (Å²) in [7, 11) is 0. The van der Waals surface area contributed by atoms with Crippen LogP contribution < -0.4 is 0 Å². The predicted octanol–water partition coefficient (Wildman–Crippen LogP) is -3.02. The van der Waals surface area contributed by atoms with E-state index in [1.54, 1.807) is 0 Å². The molecular formula is C21H36O11. The van der Waals surface area contributed by atoms with Crippen molar-refractivity contribution < 1.29 is 55.1 Å². The summed E-state index contributed by atoms with van der Waals surface area (Å²) in [5, 5.41) is 81.4. The van der Waals surface area contributed by atoms with Crippen molar-refractivity contribution in [3.05, 3.63) is 0 Å². The molecule has 32 heavy (non-hydrogen) atoms. The minimum Gasteiger partial charge on any atom is -0.394 e. The van der Waals surface area contributed by atoms with E-state index in [0.29, 0.717) is 32.1 Å². The van der Waals surface area contributed by atoms with E-state index in [1.807, 2.05) is 0 Å². The highest BCUT2D eigenvalue weighted by atomic mass is 16.7. The predicted molar refractivity (Wildman–Crippen MR) is 106 cm³/mol. The first kappa shape index (κ1) is 24.7. The Labute approximate surface area is 186 Å². The number of hydrogen-bond donors (Lipinski definition) is 8. The average Bonchev–Trinajstić information content (AvgIpc) is 2.77. The van der Waals surface area contributed by atoms with Crippen LogP contribution in [0.25, 0.3) is 0 Å². The van der Waals surface area contributed by atoms with Gasteiger partial charge in [0.25, 0.3) is 0 Å². The van der Waals surface area contributed by atoms with E-state index in [1.165, 1.54) is 0 Å². The van der Waals surface area contributed by atoms with Crippen molar-refractivity contribution in [3.8, 4) is 0 Å². The highest BCUT2D eigenvalue weighted by Gasteiger charge is 2.53. The van der Waals surface area contributed by atoms with Crippen LogP contribution in [0.15, 0.2) is 0 Å². The van der Waals surface area contributed by atoms with Gasteiger partial charge in [-0.15, -0.1) is 0 Å². The molecule has 186 valence electrons. The summed E-state index contributed by atoms with van der Waals surface area (Å²) in [6.07, 6.45) is -10.3. The molecule has 0 amide bonds. The third-order valence-corrected chi connectivity index (χ3v) is 7.67. The molecule has 4 rings (SSSR count). The molecule has 4 fully saturated rings. The summed E-state index contributed by atoms with van der Waals surface area (Å²) < 4.78 is 17.8. The van der Waals surface area contributed by atoms with Gasteiger partial charge in [-0.2, -0.15) is 0 Å². The fraction of sp³-hybridized carbons (Fsp3) is 1.00. The normalized spacial score (nSPS) is 54.8. The number of hydrogen-bond acceptors (Lipinski definition) is 11. The van der Waals surface area contributed by atoms with E-state index in [2.05, 4.69) is 0 Å². The summed E-state index contributed by atoms with van der Waals surface area (Å²) in [4.78, 5) is 0. The van der Waals surface area contributed by atoms with E-state index in [0.717, 1.165) is 0 Å². The van der Waals surface area contributed by atoms with Crippen molar-refractivity contribution in [1.82, 2.24) is 0 Å². The first-order chi connectivity index (χ1) is 15.2. The lowest BCUT2D eigenvalue weighted by Gasteiger charge is -2.52. The second kappa shape index (κ2) is 10.0. The van der Waals surface area contributed by atoms with E-state index >= 15 is 0 Å². The van der Waals surface area contributed by atoms with Crippen LogP contribution in [0, 0.1) is 11.8 Å². The maximum atomic E-state index is 11.2. The standard InChI is InChI=1S/C21H36O11/c22-7-14-16(27)17(28)18(29)21(31-14)32-20-15(26)10-3-2-9(23)6-13(10)30-19(20)8-1-4-11(24)12(25)5-8/h8-29H,1-7H2/t8?,9?,10?,11?,12?,13?,14-,15?,16-,17+,18-,19?,20?,21+/m1/s1. The SMILES string of the molecule is OC[C@H]1O[C@@H](OC2C(O)C3CCC(O)CC3OC2C2CCC(O)C(O)C2)[C@H](O)[C@@H](O)[C@@H]1O. The Morgan fingerprint density at radius 2 is 1.47 bits per heavy atom. The number of rotatable bonds is 4. The van der Waals surface area contributed by atoms with Gasteiger partial charge in [-0.3, -0.25) is 0 Å². The first-order valence-electron chi connectivity index (χ1n) is 11.5. The van der Waals surface area contributed by atoms with Crippen molar-refractivity contribution in [2.75, 3.05) is 6.61 Å². The third kappa shape index (κ3) is 4.71. The minimum absolute atomic E-state index is 0.229. The Hall–Kier alpha value is -0.440. The fourth-order valence-electron chi connectivity index (χ4n) is 5.73. The molecule has 0 aromatic heterocycles. The van der Waals surface area contributed by atoms with Crippen molar-refractivity contribution in [1.29, 1.82) is 0 Å². The van der Waals surface area contributed by atoms with Crippen LogP contribution in [-0.4, -0.2) is 121 Å². The van der Waals surface area contributed by atoms with Gasteiger partial charge < -0.3 is 55.1 Å². The Morgan fingerprint density at radius 1 is 0.719 bits per heavy atom. The molecule has 2 saturated carbocycles. The van der Waals surface area contributed by atoms with Crippen LogP contribution in [-0.2, 0) is 14.2 Å². The van der Waals surface area contributed by atoms with E-state index in [4.69, 9.17) is 14.2 Å². The van der Waals surface area contributed by atoms with Gasteiger partial charge in [0.1, 0.15) is 30.5 Å². The van der Waals surface area contributed by atoms with Gasteiger partial charge in [0.2, 0.25) is 0 Å². The minimum atomic E-state index is -1.62. The van der Waals surface area contributed by atoms with Gasteiger partial charge in [0.15, 0.2) is 6.29 Å². The Balaban J connectivity index is 1.56. The van der Waals surface area contributed by atoms with Crippen molar-refractivity contribution >= 4 is 0 Å². The first-order valence-corrected chi connectivity index (χ1v) is 11.5. The van der Waals surface area contributed by atoms with Gasteiger partial charge >= 0.3 is 0 Å². The lowest BCUT2D eigenvalue weighted by atomic mass is 9.72. The molecule has 2 heterocycles. The number of aliphatic hydroxyl groups is 8. The highest BCUT2D eigenvalue weighted by Crippen LogP contribution is 2.43. The zero-order valence-electron chi connectivity index (χ0n) is 17.8. The molecule has 0 radical (unpaired) electrons. The Morgan fingerprint density at radius 3 is 2.16 bits per heavy atom. The summed E-state index contributed by atoms with van der Waals surface area (Å²) in [5.74, 6) is -0.582. The summed E-state index contributed by atoms with van der Waals surface area (Å²) in [6.45, 7) is -0.604. The van der Waals surface area contributed by atoms with Gasteiger partial charge in [-0.25, -0.2) is 0 Å². The Kier molecular flexibility index (Phi) is 7.75. The molecule has 8 N–H and O–H groups in total. The highest BCUT2D eigenvalue weighted by molar-refractivity contribution is 5.00. The summed E-state index contributed by atoms with van der Waals surface area (Å²) in [5.41, 5.74) is 0. The second-order valence-electron chi connectivity index (χ2n) is 9.77. The lowest BCUT2D eigenvalue weighted by Crippen LogP contribution is -2.64. The van der Waals surface area contributed by atoms with Crippen molar-refractivity contribution in [2.45, 2.75) is 112 Å². The largest absolute Gasteiger partial charge is 0.394 e. The molecule has 2 aliphatic heterocycles. The van der Waals surface area contributed by atoms with Crippen LogP contribution in [0.5, 0.6) is 0 Å². The van der Waals surface area contributed by atoms with Gasteiger partial charge in [-0.1, -0.05) is 0 Å². The van der Waals surface area contributed by atoms with E-state index in [-0.39, 0.29) is 18.3 Å². The molecule has 2 saturated heterocycles. The molecule has 14 atom stereocenters. The van der Waals surface area contributed by atoms with Gasteiger partial charge in [-0.05, 0) is 44.4 Å². The van der Waals surface area contributed by atoms with Gasteiger partial charge in [0.05, 0.1) is 43.2 Å². The number of aliphatic hydroxyl groups excluding tert-OH is 8. The molecule has 0 spiro atoms. The maximum absolute atomic E-state index is 11.2. The molecule has 11 nitrogen and oxygen atoms in total.